The molecule has 3 rings (SSSR count). The van der Waals surface area contributed by atoms with Crippen molar-refractivity contribution in [2.45, 2.75) is 32.5 Å². The normalized spacial score (nSPS) is 10.9. The van der Waals surface area contributed by atoms with Crippen molar-refractivity contribution in [1.82, 2.24) is 9.55 Å². The van der Waals surface area contributed by atoms with Gasteiger partial charge >= 0.3 is 0 Å². The summed E-state index contributed by atoms with van der Waals surface area (Å²) in [5.74, 6) is -0.438. The molecule has 0 saturated carbocycles. The van der Waals surface area contributed by atoms with E-state index in [1.54, 1.807) is 37.3 Å². The fourth-order valence-electron chi connectivity index (χ4n) is 2.95. The average Bonchev–Trinajstić information content (AvgIpc) is 2.70. The second kappa shape index (κ2) is 8.44. The smallest absolute Gasteiger partial charge is 0.293 e. The Hall–Kier alpha value is -3.20. The first kappa shape index (κ1) is 20.5. The summed E-state index contributed by atoms with van der Waals surface area (Å²) in [6.07, 6.45) is 0. The van der Waals surface area contributed by atoms with E-state index in [1.165, 1.54) is 10.6 Å². The Morgan fingerprint density at radius 3 is 2.66 bits per heavy atom. The van der Waals surface area contributed by atoms with Crippen molar-refractivity contribution < 1.29 is 9.72 Å². The van der Waals surface area contributed by atoms with Gasteiger partial charge in [-0.3, -0.25) is 24.3 Å². The van der Waals surface area contributed by atoms with E-state index >= 15 is 0 Å². The SMILES string of the molecule is CCn1c(SCC(=O)Nc2c([N+](=O)[O-])ccc(C)c2C)nc2ccccc2c1=O. The number of aryl methyl sites for hydroxylation is 1. The van der Waals surface area contributed by atoms with Gasteiger partial charge in [0.25, 0.3) is 11.2 Å². The molecule has 1 N–H and O–H groups in total. The van der Waals surface area contributed by atoms with E-state index in [4.69, 9.17) is 0 Å². The van der Waals surface area contributed by atoms with E-state index in [0.717, 1.165) is 17.3 Å². The molecule has 8 nitrogen and oxygen atoms in total. The Bertz CT molecular complexity index is 1170. The zero-order valence-corrected chi connectivity index (χ0v) is 17.1. The number of thioether (sulfide) groups is 1. The van der Waals surface area contributed by atoms with Crippen LogP contribution in [0.3, 0.4) is 0 Å². The molecule has 0 aliphatic rings. The molecule has 0 aliphatic heterocycles. The van der Waals surface area contributed by atoms with Crippen molar-refractivity contribution in [2.24, 2.45) is 0 Å². The van der Waals surface area contributed by atoms with E-state index in [2.05, 4.69) is 10.3 Å². The largest absolute Gasteiger partial charge is 0.319 e. The molecule has 0 fully saturated rings. The molecule has 0 radical (unpaired) electrons. The van der Waals surface area contributed by atoms with Gasteiger partial charge in [0.2, 0.25) is 5.91 Å². The first-order valence-corrected chi connectivity index (χ1v) is 9.98. The summed E-state index contributed by atoms with van der Waals surface area (Å²) >= 11 is 1.12. The van der Waals surface area contributed by atoms with Crippen molar-refractivity contribution in [3.8, 4) is 0 Å². The Morgan fingerprint density at radius 2 is 1.97 bits per heavy atom. The van der Waals surface area contributed by atoms with Gasteiger partial charge in [-0.15, -0.1) is 0 Å². The highest BCUT2D eigenvalue weighted by molar-refractivity contribution is 7.99. The zero-order valence-electron chi connectivity index (χ0n) is 16.3. The molecule has 1 amide bonds. The Labute approximate surface area is 171 Å². The lowest BCUT2D eigenvalue weighted by molar-refractivity contribution is -0.384. The van der Waals surface area contributed by atoms with Gasteiger partial charge in [0.1, 0.15) is 5.69 Å². The molecule has 3 aromatic rings. The van der Waals surface area contributed by atoms with Crippen LogP contribution in [0.4, 0.5) is 11.4 Å². The molecule has 0 aliphatic carbocycles. The summed E-state index contributed by atoms with van der Waals surface area (Å²) in [6, 6.07) is 10.1. The third-order valence-corrected chi connectivity index (χ3v) is 5.63. The molecule has 2 aromatic carbocycles. The van der Waals surface area contributed by atoms with Gasteiger partial charge in [0.15, 0.2) is 5.16 Å². The summed E-state index contributed by atoms with van der Waals surface area (Å²) in [5, 5.41) is 14.9. The summed E-state index contributed by atoms with van der Waals surface area (Å²) in [6.45, 7) is 5.80. The van der Waals surface area contributed by atoms with E-state index in [9.17, 15) is 19.7 Å². The Morgan fingerprint density at radius 1 is 1.24 bits per heavy atom. The number of fused-ring (bicyclic) bond motifs is 1. The summed E-state index contributed by atoms with van der Waals surface area (Å²) in [4.78, 5) is 40.4. The Balaban J connectivity index is 1.85. The molecule has 0 unspecified atom stereocenters. The third kappa shape index (κ3) is 4.14. The number of anilines is 1. The van der Waals surface area contributed by atoms with Gasteiger partial charge in [-0.1, -0.05) is 30.0 Å². The highest BCUT2D eigenvalue weighted by Crippen LogP contribution is 2.30. The Kier molecular flexibility index (Phi) is 5.97. The first-order chi connectivity index (χ1) is 13.8. The highest BCUT2D eigenvalue weighted by atomic mass is 32.2. The van der Waals surface area contributed by atoms with Crippen LogP contribution in [0.25, 0.3) is 10.9 Å². The summed E-state index contributed by atoms with van der Waals surface area (Å²) in [5.41, 5.74) is 1.93. The minimum Gasteiger partial charge on any atom is -0.319 e. The number of nitro benzene ring substituents is 1. The lowest BCUT2D eigenvalue weighted by Gasteiger charge is -2.13. The maximum atomic E-state index is 12.7. The van der Waals surface area contributed by atoms with Gasteiger partial charge in [0, 0.05) is 12.6 Å². The number of aromatic nitrogens is 2. The van der Waals surface area contributed by atoms with Crippen molar-refractivity contribution in [3.05, 3.63) is 68.0 Å². The fraction of sp³-hybridized carbons (Fsp3) is 0.250. The molecule has 0 atom stereocenters. The molecule has 150 valence electrons. The molecule has 1 aromatic heterocycles. The van der Waals surface area contributed by atoms with Crippen LogP contribution in [0.5, 0.6) is 0 Å². The van der Waals surface area contributed by atoms with E-state index in [1.807, 2.05) is 13.8 Å². The first-order valence-electron chi connectivity index (χ1n) is 9.00. The molecular formula is C20H20N4O4S. The topological polar surface area (TPSA) is 107 Å². The number of nitrogens with zero attached hydrogens (tertiary/aromatic N) is 3. The lowest BCUT2D eigenvalue weighted by atomic mass is 10.1. The van der Waals surface area contributed by atoms with Crippen molar-refractivity contribution in [1.29, 1.82) is 0 Å². The van der Waals surface area contributed by atoms with Crippen LogP contribution in [-0.2, 0) is 11.3 Å². The molecular weight excluding hydrogens is 392 g/mol. The van der Waals surface area contributed by atoms with Crippen LogP contribution < -0.4 is 10.9 Å². The van der Waals surface area contributed by atoms with E-state index < -0.39 is 10.8 Å². The molecule has 9 heteroatoms. The quantitative estimate of drug-likeness (QED) is 0.286. The minimum absolute atomic E-state index is 0.0324. The monoisotopic (exact) mass is 412 g/mol. The lowest BCUT2D eigenvalue weighted by Crippen LogP contribution is -2.23. The number of hydrogen-bond donors (Lipinski definition) is 1. The van der Waals surface area contributed by atoms with Crippen LogP contribution >= 0.6 is 11.8 Å². The number of carbonyl (C=O) groups is 1. The predicted molar refractivity (Wildman–Crippen MR) is 114 cm³/mol. The number of nitro groups is 1. The van der Waals surface area contributed by atoms with Gasteiger partial charge in [0.05, 0.1) is 21.6 Å². The van der Waals surface area contributed by atoms with Crippen molar-refractivity contribution in [2.75, 3.05) is 11.1 Å². The third-order valence-electron chi connectivity index (χ3n) is 4.65. The average molecular weight is 412 g/mol. The van der Waals surface area contributed by atoms with Gasteiger partial charge in [-0.2, -0.15) is 0 Å². The van der Waals surface area contributed by atoms with E-state index in [0.29, 0.717) is 28.2 Å². The second-order valence-corrected chi connectivity index (χ2v) is 7.40. The molecule has 0 bridgehead atoms. The molecule has 0 saturated heterocycles. The van der Waals surface area contributed by atoms with Crippen LogP contribution in [0.2, 0.25) is 0 Å². The molecule has 1 heterocycles. The predicted octanol–water partition coefficient (Wildman–Crippen LogP) is 3.67. The number of amides is 1. The van der Waals surface area contributed by atoms with Crippen LogP contribution in [-0.4, -0.2) is 26.1 Å². The van der Waals surface area contributed by atoms with Crippen LogP contribution in [0, 0.1) is 24.0 Å². The molecule has 0 spiro atoms. The van der Waals surface area contributed by atoms with Crippen LogP contribution in [0.15, 0.2) is 46.3 Å². The number of hydrogen-bond acceptors (Lipinski definition) is 6. The minimum atomic E-state index is -0.519. The maximum absolute atomic E-state index is 12.7. The summed E-state index contributed by atoms with van der Waals surface area (Å²) in [7, 11) is 0. The van der Waals surface area contributed by atoms with Gasteiger partial charge in [-0.05, 0) is 44.0 Å². The number of nitrogens with one attached hydrogen (secondary N) is 1. The number of benzene rings is 2. The number of carbonyl (C=O) groups excluding carboxylic acids is 1. The van der Waals surface area contributed by atoms with Crippen molar-refractivity contribution >= 4 is 39.9 Å². The number of para-hydroxylation sites is 1. The van der Waals surface area contributed by atoms with Gasteiger partial charge in [-0.25, -0.2) is 4.98 Å². The summed E-state index contributed by atoms with van der Waals surface area (Å²) < 4.78 is 1.51. The highest BCUT2D eigenvalue weighted by Gasteiger charge is 2.20. The standard InChI is InChI=1S/C20H20N4O4S/c1-4-23-19(26)14-7-5-6-8-15(14)21-20(23)29-11-17(25)22-18-13(3)12(2)9-10-16(18)24(27)28/h5-10H,4,11H2,1-3H3,(H,22,25). The van der Waals surface area contributed by atoms with Crippen LogP contribution in [0.1, 0.15) is 18.1 Å². The zero-order chi connectivity index (χ0) is 21.1. The van der Waals surface area contributed by atoms with E-state index in [-0.39, 0.29) is 22.7 Å². The number of rotatable bonds is 6. The second-order valence-electron chi connectivity index (χ2n) is 6.46. The fourth-order valence-corrected chi connectivity index (χ4v) is 3.82. The maximum Gasteiger partial charge on any atom is 0.293 e. The molecule has 29 heavy (non-hydrogen) atoms. The van der Waals surface area contributed by atoms with Crippen molar-refractivity contribution in [3.63, 3.8) is 0 Å². The van der Waals surface area contributed by atoms with Gasteiger partial charge < -0.3 is 5.32 Å².